The first-order valence-electron chi connectivity index (χ1n) is 8.07. The van der Waals surface area contributed by atoms with Crippen LogP contribution in [0, 0.1) is 29.1 Å². The van der Waals surface area contributed by atoms with Crippen molar-refractivity contribution < 1.29 is 0 Å². The van der Waals surface area contributed by atoms with E-state index in [-0.39, 0.29) is 0 Å². The molecule has 2 unspecified atom stereocenters. The number of rotatable bonds is 4. The Hall–Kier alpha value is 0. The molecule has 0 bridgehead atoms. The van der Waals surface area contributed by atoms with Crippen LogP contribution < -0.4 is 0 Å². The second-order valence-electron chi connectivity index (χ2n) is 7.39. The molecule has 0 heterocycles. The van der Waals surface area contributed by atoms with E-state index in [4.69, 9.17) is 0 Å². The van der Waals surface area contributed by atoms with Crippen molar-refractivity contribution in [3.63, 3.8) is 0 Å². The summed E-state index contributed by atoms with van der Waals surface area (Å²) in [6, 6.07) is 0. The quantitative estimate of drug-likeness (QED) is 0.590. The van der Waals surface area contributed by atoms with Crippen LogP contribution >= 0.6 is 0 Å². The van der Waals surface area contributed by atoms with Gasteiger partial charge in [-0.2, -0.15) is 0 Å². The van der Waals surface area contributed by atoms with Crippen LogP contribution in [0.3, 0.4) is 0 Å². The van der Waals surface area contributed by atoms with E-state index in [1.165, 1.54) is 51.4 Å². The molecule has 0 spiro atoms. The lowest BCUT2D eigenvalue weighted by Gasteiger charge is -2.38. The van der Waals surface area contributed by atoms with Crippen LogP contribution in [0.25, 0.3) is 0 Å². The van der Waals surface area contributed by atoms with Crippen LogP contribution in [0.2, 0.25) is 0 Å². The highest BCUT2D eigenvalue weighted by Crippen LogP contribution is 2.52. The molecule has 0 heteroatoms. The van der Waals surface area contributed by atoms with Gasteiger partial charge in [0.15, 0.2) is 0 Å². The SMILES string of the molecule is CCC1CC[C@@H](C(C)(C)[C@H]2CCC(CC)C2)C1. The highest BCUT2D eigenvalue weighted by molar-refractivity contribution is 4.93. The Balaban J connectivity index is 1.94. The fourth-order valence-corrected chi connectivity index (χ4v) is 4.58. The van der Waals surface area contributed by atoms with Crippen molar-refractivity contribution in [2.24, 2.45) is 29.1 Å². The largest absolute Gasteiger partial charge is 0.0651 e. The lowest BCUT2D eigenvalue weighted by Crippen LogP contribution is -2.30. The minimum Gasteiger partial charge on any atom is -0.0651 e. The van der Waals surface area contributed by atoms with E-state index >= 15 is 0 Å². The smallest absolute Gasteiger partial charge is 0.0297 e. The van der Waals surface area contributed by atoms with Crippen LogP contribution in [0.1, 0.15) is 79.1 Å². The molecular weight excluding hydrogens is 204 g/mol. The summed E-state index contributed by atoms with van der Waals surface area (Å²) in [5, 5.41) is 0. The van der Waals surface area contributed by atoms with Gasteiger partial charge < -0.3 is 0 Å². The van der Waals surface area contributed by atoms with Crippen LogP contribution in [-0.4, -0.2) is 0 Å². The maximum absolute atomic E-state index is 2.58. The average molecular weight is 236 g/mol. The van der Waals surface area contributed by atoms with Gasteiger partial charge in [-0.25, -0.2) is 0 Å². The summed E-state index contributed by atoms with van der Waals surface area (Å²) in [6.07, 6.45) is 11.9. The fourth-order valence-electron chi connectivity index (χ4n) is 4.58. The third-order valence-corrected chi connectivity index (χ3v) is 6.34. The van der Waals surface area contributed by atoms with Gasteiger partial charge in [-0.1, -0.05) is 53.4 Å². The molecular formula is C17H32. The molecule has 2 rings (SSSR count). The fraction of sp³-hybridized carbons (Fsp3) is 1.00. The Morgan fingerprint density at radius 1 is 0.765 bits per heavy atom. The lowest BCUT2D eigenvalue weighted by atomic mass is 9.67. The average Bonchev–Trinajstić information content (AvgIpc) is 2.98. The Morgan fingerprint density at radius 3 is 1.47 bits per heavy atom. The monoisotopic (exact) mass is 236 g/mol. The third-order valence-electron chi connectivity index (χ3n) is 6.34. The van der Waals surface area contributed by atoms with Gasteiger partial charge in [0.2, 0.25) is 0 Å². The minimum absolute atomic E-state index is 0.619. The Labute approximate surface area is 109 Å². The highest BCUT2D eigenvalue weighted by Gasteiger charge is 2.42. The topological polar surface area (TPSA) is 0 Å². The predicted octanol–water partition coefficient (Wildman–Crippen LogP) is 5.67. The molecule has 0 aromatic heterocycles. The first kappa shape index (κ1) is 13.4. The summed E-state index contributed by atoms with van der Waals surface area (Å²) in [6.45, 7) is 9.92. The molecule has 2 aliphatic rings. The van der Waals surface area contributed by atoms with E-state index in [1.54, 1.807) is 0 Å². The molecule has 17 heavy (non-hydrogen) atoms. The summed E-state index contributed by atoms with van der Waals surface area (Å²) in [5.74, 6) is 4.13. The lowest BCUT2D eigenvalue weighted by molar-refractivity contribution is 0.114. The first-order chi connectivity index (χ1) is 8.07. The Bertz CT molecular complexity index is 216. The van der Waals surface area contributed by atoms with E-state index in [1.807, 2.05) is 0 Å². The molecule has 2 aliphatic carbocycles. The Kier molecular flexibility index (Phi) is 4.21. The van der Waals surface area contributed by atoms with Gasteiger partial charge in [0.05, 0.1) is 0 Å². The molecule has 0 aromatic rings. The van der Waals surface area contributed by atoms with Gasteiger partial charge in [-0.3, -0.25) is 0 Å². The standard InChI is InChI=1S/C17H32/c1-5-13-7-9-15(11-13)17(3,4)16-10-8-14(6-2)12-16/h13-16H,5-12H2,1-4H3/t13?,14?,15-,16+. The van der Waals surface area contributed by atoms with E-state index in [0.717, 1.165) is 23.7 Å². The van der Waals surface area contributed by atoms with Crippen LogP contribution in [0.4, 0.5) is 0 Å². The van der Waals surface area contributed by atoms with E-state index in [2.05, 4.69) is 27.7 Å². The summed E-state index contributed by atoms with van der Waals surface area (Å²) in [5.41, 5.74) is 0.619. The van der Waals surface area contributed by atoms with Crippen molar-refractivity contribution in [3.05, 3.63) is 0 Å². The molecule has 2 fully saturated rings. The van der Waals surface area contributed by atoms with Gasteiger partial charge in [-0.05, 0) is 54.8 Å². The molecule has 0 saturated heterocycles. The third kappa shape index (κ3) is 2.71. The van der Waals surface area contributed by atoms with Crippen LogP contribution in [0.15, 0.2) is 0 Å². The summed E-state index contributed by atoms with van der Waals surface area (Å²) in [4.78, 5) is 0. The highest BCUT2D eigenvalue weighted by atomic mass is 14.5. The van der Waals surface area contributed by atoms with E-state index in [0.29, 0.717) is 5.41 Å². The summed E-state index contributed by atoms with van der Waals surface area (Å²) >= 11 is 0. The van der Waals surface area contributed by atoms with Crippen molar-refractivity contribution in [2.75, 3.05) is 0 Å². The maximum atomic E-state index is 2.58. The van der Waals surface area contributed by atoms with Crippen molar-refractivity contribution in [2.45, 2.75) is 79.1 Å². The van der Waals surface area contributed by atoms with Crippen molar-refractivity contribution >= 4 is 0 Å². The molecule has 0 aromatic carbocycles. The number of hydrogen-bond acceptors (Lipinski definition) is 0. The second kappa shape index (κ2) is 5.33. The van der Waals surface area contributed by atoms with E-state index < -0.39 is 0 Å². The molecule has 0 N–H and O–H groups in total. The molecule has 0 aliphatic heterocycles. The van der Waals surface area contributed by atoms with Crippen molar-refractivity contribution in [1.82, 2.24) is 0 Å². The molecule has 0 nitrogen and oxygen atoms in total. The zero-order valence-electron chi connectivity index (χ0n) is 12.5. The van der Waals surface area contributed by atoms with E-state index in [9.17, 15) is 0 Å². The van der Waals surface area contributed by atoms with Gasteiger partial charge in [-0.15, -0.1) is 0 Å². The molecule has 4 atom stereocenters. The molecule has 2 saturated carbocycles. The zero-order chi connectivity index (χ0) is 12.5. The number of hydrogen-bond donors (Lipinski definition) is 0. The zero-order valence-corrected chi connectivity index (χ0v) is 12.5. The van der Waals surface area contributed by atoms with Gasteiger partial charge in [0.25, 0.3) is 0 Å². The molecule has 0 amide bonds. The molecule has 0 radical (unpaired) electrons. The van der Waals surface area contributed by atoms with Crippen LogP contribution in [0.5, 0.6) is 0 Å². The van der Waals surface area contributed by atoms with Gasteiger partial charge >= 0.3 is 0 Å². The van der Waals surface area contributed by atoms with Crippen molar-refractivity contribution in [1.29, 1.82) is 0 Å². The van der Waals surface area contributed by atoms with Gasteiger partial charge in [0, 0.05) is 0 Å². The van der Waals surface area contributed by atoms with Crippen molar-refractivity contribution in [3.8, 4) is 0 Å². The summed E-state index contributed by atoms with van der Waals surface area (Å²) < 4.78 is 0. The Morgan fingerprint density at radius 2 is 1.18 bits per heavy atom. The molecule has 100 valence electrons. The van der Waals surface area contributed by atoms with Crippen LogP contribution in [-0.2, 0) is 0 Å². The summed E-state index contributed by atoms with van der Waals surface area (Å²) in [7, 11) is 0. The predicted molar refractivity (Wildman–Crippen MR) is 76.0 cm³/mol. The normalized spacial score (nSPS) is 38.8. The van der Waals surface area contributed by atoms with Gasteiger partial charge in [0.1, 0.15) is 0 Å². The first-order valence-corrected chi connectivity index (χ1v) is 8.07. The maximum Gasteiger partial charge on any atom is -0.0297 e. The second-order valence-corrected chi connectivity index (χ2v) is 7.39. The minimum atomic E-state index is 0.619.